The van der Waals surface area contributed by atoms with Crippen LogP contribution in [0.4, 0.5) is 10.5 Å². The van der Waals surface area contributed by atoms with Gasteiger partial charge >= 0.3 is 6.09 Å². The first-order chi connectivity index (χ1) is 13.7. The average molecular weight is 398 g/mol. The van der Waals surface area contributed by atoms with Gasteiger partial charge < -0.3 is 19.3 Å². The Morgan fingerprint density at radius 3 is 2.17 bits per heavy atom. The molecule has 1 aliphatic rings. The van der Waals surface area contributed by atoms with Crippen molar-refractivity contribution in [3.05, 3.63) is 42.6 Å². The SMILES string of the molecule is CN(C)c1ccc(-c2ccc(OC3CCN(C(=O)OC(C)(C)C)CC3)nc2)cc1. The smallest absolute Gasteiger partial charge is 0.410 e. The maximum atomic E-state index is 12.2. The van der Waals surface area contributed by atoms with E-state index in [4.69, 9.17) is 9.47 Å². The summed E-state index contributed by atoms with van der Waals surface area (Å²) in [4.78, 5) is 20.5. The maximum Gasteiger partial charge on any atom is 0.410 e. The third-order valence-electron chi connectivity index (χ3n) is 4.83. The second-order valence-electron chi connectivity index (χ2n) is 8.61. The van der Waals surface area contributed by atoms with E-state index in [2.05, 4.69) is 34.1 Å². The molecule has 6 nitrogen and oxygen atoms in total. The number of carbonyl (C=O) groups is 1. The number of amides is 1. The predicted molar refractivity (Wildman–Crippen MR) is 115 cm³/mol. The summed E-state index contributed by atoms with van der Waals surface area (Å²) in [6, 6.07) is 12.3. The fourth-order valence-corrected chi connectivity index (χ4v) is 3.23. The van der Waals surface area contributed by atoms with Crippen molar-refractivity contribution < 1.29 is 14.3 Å². The molecule has 0 saturated carbocycles. The summed E-state index contributed by atoms with van der Waals surface area (Å²) >= 11 is 0. The Hall–Kier alpha value is -2.76. The van der Waals surface area contributed by atoms with E-state index in [9.17, 15) is 4.79 Å². The first-order valence-corrected chi connectivity index (χ1v) is 10.1. The van der Waals surface area contributed by atoms with Crippen LogP contribution in [0.25, 0.3) is 11.1 Å². The summed E-state index contributed by atoms with van der Waals surface area (Å²) in [7, 11) is 4.06. The number of piperidine rings is 1. The minimum absolute atomic E-state index is 0.0615. The van der Waals surface area contributed by atoms with Crippen molar-refractivity contribution in [2.45, 2.75) is 45.3 Å². The molecule has 0 atom stereocenters. The second kappa shape index (κ2) is 8.72. The summed E-state index contributed by atoms with van der Waals surface area (Å²) in [5, 5.41) is 0. The number of aromatic nitrogens is 1. The molecular weight excluding hydrogens is 366 g/mol. The number of rotatable bonds is 4. The molecule has 1 amide bonds. The van der Waals surface area contributed by atoms with Gasteiger partial charge in [-0.2, -0.15) is 0 Å². The van der Waals surface area contributed by atoms with E-state index < -0.39 is 5.60 Å². The molecule has 2 heterocycles. The van der Waals surface area contributed by atoms with Crippen LogP contribution in [0.3, 0.4) is 0 Å². The van der Waals surface area contributed by atoms with Crippen molar-refractivity contribution in [1.29, 1.82) is 0 Å². The van der Waals surface area contributed by atoms with E-state index >= 15 is 0 Å². The summed E-state index contributed by atoms with van der Waals surface area (Å²) in [5.41, 5.74) is 2.88. The normalized spacial score (nSPS) is 15.1. The molecule has 156 valence electrons. The van der Waals surface area contributed by atoms with Crippen LogP contribution in [-0.2, 0) is 4.74 Å². The van der Waals surface area contributed by atoms with Crippen molar-refractivity contribution in [2.24, 2.45) is 0 Å². The van der Waals surface area contributed by atoms with Crippen LogP contribution in [0.15, 0.2) is 42.6 Å². The lowest BCUT2D eigenvalue weighted by atomic mass is 10.1. The highest BCUT2D eigenvalue weighted by atomic mass is 16.6. The van der Waals surface area contributed by atoms with Gasteiger partial charge in [0, 0.05) is 63.5 Å². The molecule has 29 heavy (non-hydrogen) atoms. The molecule has 1 aliphatic heterocycles. The molecule has 6 heteroatoms. The van der Waals surface area contributed by atoms with Gasteiger partial charge in [0.15, 0.2) is 0 Å². The fraction of sp³-hybridized carbons (Fsp3) is 0.478. The Morgan fingerprint density at radius 1 is 1.03 bits per heavy atom. The van der Waals surface area contributed by atoms with Crippen LogP contribution in [0, 0.1) is 0 Å². The average Bonchev–Trinajstić information content (AvgIpc) is 2.68. The lowest BCUT2D eigenvalue weighted by molar-refractivity contribution is 0.0123. The first-order valence-electron chi connectivity index (χ1n) is 10.1. The van der Waals surface area contributed by atoms with Crippen LogP contribution in [0.1, 0.15) is 33.6 Å². The fourth-order valence-electron chi connectivity index (χ4n) is 3.23. The van der Waals surface area contributed by atoms with Gasteiger partial charge in [0.25, 0.3) is 0 Å². The Kier molecular flexibility index (Phi) is 6.30. The van der Waals surface area contributed by atoms with Crippen molar-refractivity contribution in [3.63, 3.8) is 0 Å². The molecule has 3 rings (SSSR count). The third kappa shape index (κ3) is 5.86. The molecule has 0 radical (unpaired) electrons. The number of anilines is 1. The Morgan fingerprint density at radius 2 is 1.66 bits per heavy atom. The predicted octanol–water partition coefficient (Wildman–Crippen LogP) is 4.59. The van der Waals surface area contributed by atoms with Crippen molar-refractivity contribution in [3.8, 4) is 17.0 Å². The van der Waals surface area contributed by atoms with Gasteiger partial charge in [0.2, 0.25) is 5.88 Å². The molecule has 1 aromatic heterocycles. The van der Waals surface area contributed by atoms with Gasteiger partial charge in [-0.3, -0.25) is 0 Å². The van der Waals surface area contributed by atoms with Crippen LogP contribution >= 0.6 is 0 Å². The number of carbonyl (C=O) groups excluding carboxylic acids is 1. The summed E-state index contributed by atoms with van der Waals surface area (Å²) in [6.07, 6.45) is 3.20. The van der Waals surface area contributed by atoms with Crippen molar-refractivity contribution in [2.75, 3.05) is 32.1 Å². The van der Waals surface area contributed by atoms with Gasteiger partial charge in [-0.25, -0.2) is 9.78 Å². The van der Waals surface area contributed by atoms with Gasteiger partial charge in [-0.05, 0) is 44.5 Å². The molecular formula is C23H31N3O3. The largest absolute Gasteiger partial charge is 0.474 e. The highest BCUT2D eigenvalue weighted by molar-refractivity contribution is 5.68. The number of hydrogen-bond acceptors (Lipinski definition) is 5. The number of likely N-dealkylation sites (tertiary alicyclic amines) is 1. The third-order valence-corrected chi connectivity index (χ3v) is 4.83. The molecule has 1 saturated heterocycles. The molecule has 1 aromatic carbocycles. The maximum absolute atomic E-state index is 12.2. The van der Waals surface area contributed by atoms with E-state index in [0.717, 1.165) is 24.0 Å². The second-order valence-corrected chi connectivity index (χ2v) is 8.61. The first kappa shape index (κ1) is 21.0. The van der Waals surface area contributed by atoms with Crippen molar-refractivity contribution in [1.82, 2.24) is 9.88 Å². The summed E-state index contributed by atoms with van der Waals surface area (Å²) in [5.74, 6) is 0.620. The molecule has 0 N–H and O–H groups in total. The minimum Gasteiger partial charge on any atom is -0.474 e. The molecule has 0 unspecified atom stereocenters. The number of hydrogen-bond donors (Lipinski definition) is 0. The van der Waals surface area contributed by atoms with E-state index in [0.29, 0.717) is 19.0 Å². The Labute approximate surface area is 173 Å². The highest BCUT2D eigenvalue weighted by Gasteiger charge is 2.27. The Bertz CT molecular complexity index is 803. The Balaban J connectivity index is 1.52. The molecule has 2 aromatic rings. The lowest BCUT2D eigenvalue weighted by Gasteiger charge is -2.33. The van der Waals surface area contributed by atoms with Gasteiger partial charge in [-0.1, -0.05) is 12.1 Å². The van der Waals surface area contributed by atoms with Gasteiger partial charge in [0.1, 0.15) is 11.7 Å². The van der Waals surface area contributed by atoms with Crippen molar-refractivity contribution >= 4 is 11.8 Å². The lowest BCUT2D eigenvalue weighted by Crippen LogP contribution is -2.44. The molecule has 1 fully saturated rings. The minimum atomic E-state index is -0.469. The molecule has 0 bridgehead atoms. The number of benzene rings is 1. The standard InChI is InChI=1S/C23H31N3O3/c1-23(2,3)29-22(27)26-14-12-20(13-15-26)28-21-11-8-18(16-24-21)17-6-9-19(10-7-17)25(4)5/h6-11,16,20H,12-15H2,1-5H3. The van der Waals surface area contributed by atoms with E-state index in [1.165, 1.54) is 5.69 Å². The topological polar surface area (TPSA) is 54.9 Å². The molecule has 0 spiro atoms. The molecule has 0 aliphatic carbocycles. The van der Waals surface area contributed by atoms with Crippen LogP contribution in [0.5, 0.6) is 5.88 Å². The monoisotopic (exact) mass is 397 g/mol. The highest BCUT2D eigenvalue weighted by Crippen LogP contribution is 2.24. The van der Waals surface area contributed by atoms with E-state index in [-0.39, 0.29) is 12.2 Å². The zero-order valence-corrected chi connectivity index (χ0v) is 18.0. The van der Waals surface area contributed by atoms with Crippen LogP contribution < -0.4 is 9.64 Å². The number of pyridine rings is 1. The van der Waals surface area contributed by atoms with Crippen LogP contribution in [-0.4, -0.2) is 54.9 Å². The summed E-state index contributed by atoms with van der Waals surface area (Å²) in [6.45, 7) is 6.91. The van der Waals surface area contributed by atoms with E-state index in [1.54, 1.807) is 4.90 Å². The number of ether oxygens (including phenoxy) is 2. The van der Waals surface area contributed by atoms with E-state index in [1.807, 2.05) is 53.2 Å². The van der Waals surface area contributed by atoms with Gasteiger partial charge in [-0.15, -0.1) is 0 Å². The summed E-state index contributed by atoms with van der Waals surface area (Å²) < 4.78 is 11.5. The van der Waals surface area contributed by atoms with Crippen LogP contribution in [0.2, 0.25) is 0 Å². The van der Waals surface area contributed by atoms with Gasteiger partial charge in [0.05, 0.1) is 0 Å². The zero-order chi connectivity index (χ0) is 21.0. The quantitative estimate of drug-likeness (QED) is 0.755. The number of nitrogens with zero attached hydrogens (tertiary/aromatic N) is 3. The zero-order valence-electron chi connectivity index (χ0n) is 18.0.